The van der Waals surface area contributed by atoms with Crippen LogP contribution in [0.2, 0.25) is 0 Å². The van der Waals surface area contributed by atoms with Gasteiger partial charge in [-0.05, 0) is 30.3 Å². The van der Waals surface area contributed by atoms with E-state index in [1.807, 2.05) is 30.3 Å². The van der Waals surface area contributed by atoms with Crippen molar-refractivity contribution in [2.24, 2.45) is 0 Å². The van der Waals surface area contributed by atoms with Crippen LogP contribution in [0.15, 0.2) is 48.5 Å². The highest BCUT2D eigenvalue weighted by molar-refractivity contribution is 5.76. The zero-order valence-electron chi connectivity index (χ0n) is 11.2. The summed E-state index contributed by atoms with van der Waals surface area (Å²) >= 11 is 0. The van der Waals surface area contributed by atoms with Gasteiger partial charge in [-0.2, -0.15) is 0 Å². The van der Waals surface area contributed by atoms with Crippen LogP contribution < -0.4 is 14.2 Å². The minimum atomic E-state index is 0.395. The van der Waals surface area contributed by atoms with Crippen molar-refractivity contribution in [1.29, 1.82) is 0 Å². The average molecular weight is 272 g/mol. The molecule has 0 aliphatic rings. The second kappa shape index (κ2) is 7.19. The molecule has 0 fully saturated rings. The second-order valence-electron chi connectivity index (χ2n) is 4.04. The van der Waals surface area contributed by atoms with E-state index >= 15 is 0 Å². The van der Waals surface area contributed by atoms with Crippen LogP contribution in [0.5, 0.6) is 17.2 Å². The quantitative estimate of drug-likeness (QED) is 0.574. The van der Waals surface area contributed by atoms with E-state index in [1.54, 1.807) is 18.2 Å². The van der Waals surface area contributed by atoms with Gasteiger partial charge in [0.2, 0.25) is 0 Å². The van der Waals surface area contributed by atoms with Gasteiger partial charge >= 0.3 is 0 Å². The van der Waals surface area contributed by atoms with E-state index in [9.17, 15) is 4.79 Å². The highest BCUT2D eigenvalue weighted by atomic mass is 16.5. The van der Waals surface area contributed by atoms with E-state index in [2.05, 4.69) is 0 Å². The molecule has 2 rings (SSSR count). The first kappa shape index (κ1) is 13.9. The smallest absolute Gasteiger partial charge is 0.161 e. The van der Waals surface area contributed by atoms with Crippen molar-refractivity contribution in [2.75, 3.05) is 20.3 Å². The monoisotopic (exact) mass is 272 g/mol. The predicted octanol–water partition coefficient (Wildman–Crippen LogP) is 2.97. The van der Waals surface area contributed by atoms with E-state index in [0.29, 0.717) is 30.3 Å². The zero-order valence-corrected chi connectivity index (χ0v) is 11.2. The van der Waals surface area contributed by atoms with Gasteiger partial charge in [0, 0.05) is 5.56 Å². The molecule has 0 unspecified atom stereocenters. The third-order valence-electron chi connectivity index (χ3n) is 2.68. The van der Waals surface area contributed by atoms with Crippen molar-refractivity contribution < 1.29 is 19.0 Å². The molecule has 0 amide bonds. The summed E-state index contributed by atoms with van der Waals surface area (Å²) in [5.41, 5.74) is 0.551. The average Bonchev–Trinajstić information content (AvgIpc) is 2.52. The summed E-state index contributed by atoms with van der Waals surface area (Å²) in [5, 5.41) is 0. The van der Waals surface area contributed by atoms with Gasteiger partial charge in [-0.3, -0.25) is 4.79 Å². The van der Waals surface area contributed by atoms with Gasteiger partial charge in [-0.15, -0.1) is 0 Å². The standard InChI is InChI=1S/C16H16O4/c1-18-16-11-13(12-17)7-8-15(16)20-10-9-19-14-5-3-2-4-6-14/h2-8,11-12H,9-10H2,1H3. The number of carbonyl (C=O) groups is 1. The van der Waals surface area contributed by atoms with E-state index < -0.39 is 0 Å². The highest BCUT2D eigenvalue weighted by Gasteiger charge is 2.05. The second-order valence-corrected chi connectivity index (χ2v) is 4.04. The number of aldehydes is 1. The van der Waals surface area contributed by atoms with E-state index in [0.717, 1.165) is 12.0 Å². The molecular formula is C16H16O4. The number of hydrogen-bond donors (Lipinski definition) is 0. The van der Waals surface area contributed by atoms with Gasteiger partial charge in [-0.25, -0.2) is 0 Å². The first-order chi connectivity index (χ1) is 9.83. The molecule has 0 aromatic heterocycles. The van der Waals surface area contributed by atoms with Crippen molar-refractivity contribution in [3.05, 3.63) is 54.1 Å². The van der Waals surface area contributed by atoms with E-state index in [4.69, 9.17) is 14.2 Å². The van der Waals surface area contributed by atoms with Crippen molar-refractivity contribution in [1.82, 2.24) is 0 Å². The highest BCUT2D eigenvalue weighted by Crippen LogP contribution is 2.27. The third kappa shape index (κ3) is 3.75. The van der Waals surface area contributed by atoms with Crippen LogP contribution >= 0.6 is 0 Å². The van der Waals surface area contributed by atoms with Crippen molar-refractivity contribution in [2.45, 2.75) is 0 Å². The Balaban J connectivity index is 1.86. The maximum Gasteiger partial charge on any atom is 0.161 e. The number of para-hydroxylation sites is 1. The van der Waals surface area contributed by atoms with Gasteiger partial charge in [0.25, 0.3) is 0 Å². The van der Waals surface area contributed by atoms with Gasteiger partial charge < -0.3 is 14.2 Å². The molecular weight excluding hydrogens is 256 g/mol. The molecule has 0 radical (unpaired) electrons. The number of methoxy groups -OCH3 is 1. The Bertz CT molecular complexity index is 552. The van der Waals surface area contributed by atoms with Crippen LogP contribution in [0.3, 0.4) is 0 Å². The minimum Gasteiger partial charge on any atom is -0.493 e. The van der Waals surface area contributed by atoms with Crippen LogP contribution in [0.4, 0.5) is 0 Å². The molecule has 0 spiro atoms. The van der Waals surface area contributed by atoms with E-state index in [-0.39, 0.29) is 0 Å². The molecule has 4 heteroatoms. The molecule has 0 saturated heterocycles. The Hall–Kier alpha value is -2.49. The fourth-order valence-corrected chi connectivity index (χ4v) is 1.70. The summed E-state index contributed by atoms with van der Waals surface area (Å²) < 4.78 is 16.3. The molecule has 4 nitrogen and oxygen atoms in total. The Labute approximate surface area is 117 Å². The van der Waals surface area contributed by atoms with Crippen molar-refractivity contribution in [3.63, 3.8) is 0 Å². The maximum atomic E-state index is 10.7. The van der Waals surface area contributed by atoms with Gasteiger partial charge in [0.1, 0.15) is 25.2 Å². The summed E-state index contributed by atoms with van der Waals surface area (Å²) in [6.07, 6.45) is 0.769. The molecule has 0 N–H and O–H groups in total. The maximum absolute atomic E-state index is 10.7. The Kier molecular flexibility index (Phi) is 5.00. The topological polar surface area (TPSA) is 44.8 Å². The summed E-state index contributed by atoms with van der Waals surface area (Å²) in [6, 6.07) is 14.6. The van der Waals surface area contributed by atoms with E-state index in [1.165, 1.54) is 7.11 Å². The fraction of sp³-hybridized carbons (Fsp3) is 0.188. The summed E-state index contributed by atoms with van der Waals surface area (Å²) in [4.78, 5) is 10.7. The molecule has 0 saturated carbocycles. The lowest BCUT2D eigenvalue weighted by atomic mass is 10.2. The zero-order chi connectivity index (χ0) is 14.2. The first-order valence-corrected chi connectivity index (χ1v) is 6.27. The molecule has 0 heterocycles. The summed E-state index contributed by atoms with van der Waals surface area (Å²) in [6.45, 7) is 0.828. The molecule has 104 valence electrons. The lowest BCUT2D eigenvalue weighted by Gasteiger charge is -2.11. The van der Waals surface area contributed by atoms with Gasteiger partial charge in [-0.1, -0.05) is 18.2 Å². The van der Waals surface area contributed by atoms with Gasteiger partial charge in [0.05, 0.1) is 7.11 Å². The molecule has 0 aliphatic carbocycles. The largest absolute Gasteiger partial charge is 0.493 e. The number of carbonyl (C=O) groups excluding carboxylic acids is 1. The molecule has 0 bridgehead atoms. The molecule has 2 aromatic rings. The number of ether oxygens (including phenoxy) is 3. The SMILES string of the molecule is COc1cc(C=O)ccc1OCCOc1ccccc1. The first-order valence-electron chi connectivity index (χ1n) is 6.27. The van der Waals surface area contributed by atoms with Crippen LogP contribution in [-0.2, 0) is 0 Å². The summed E-state index contributed by atoms with van der Waals surface area (Å²) in [7, 11) is 1.54. The molecule has 0 atom stereocenters. The number of hydrogen-bond acceptors (Lipinski definition) is 4. The molecule has 0 aliphatic heterocycles. The molecule has 20 heavy (non-hydrogen) atoms. The predicted molar refractivity (Wildman–Crippen MR) is 75.8 cm³/mol. The molecule has 2 aromatic carbocycles. The van der Waals surface area contributed by atoms with Crippen molar-refractivity contribution >= 4 is 6.29 Å². The lowest BCUT2D eigenvalue weighted by molar-refractivity contribution is 0.112. The Morgan fingerprint density at radius 1 is 0.950 bits per heavy atom. The van der Waals surface area contributed by atoms with Crippen molar-refractivity contribution in [3.8, 4) is 17.2 Å². The van der Waals surface area contributed by atoms with Crippen LogP contribution in [0, 0.1) is 0 Å². The van der Waals surface area contributed by atoms with Crippen LogP contribution in [0.25, 0.3) is 0 Å². The normalized spacial score (nSPS) is 9.85. The number of benzene rings is 2. The third-order valence-corrected chi connectivity index (χ3v) is 2.68. The minimum absolute atomic E-state index is 0.395. The summed E-state index contributed by atoms with van der Waals surface area (Å²) in [5.74, 6) is 1.93. The number of rotatable bonds is 7. The Morgan fingerprint density at radius 3 is 2.40 bits per heavy atom. The lowest BCUT2D eigenvalue weighted by Crippen LogP contribution is -2.09. The van der Waals surface area contributed by atoms with Crippen LogP contribution in [0.1, 0.15) is 10.4 Å². The van der Waals surface area contributed by atoms with Crippen LogP contribution in [-0.4, -0.2) is 26.6 Å². The van der Waals surface area contributed by atoms with Gasteiger partial charge in [0.15, 0.2) is 11.5 Å². The fourth-order valence-electron chi connectivity index (χ4n) is 1.70. The Morgan fingerprint density at radius 2 is 1.70 bits per heavy atom.